The number of anilines is 1. The Labute approximate surface area is 188 Å². The Bertz CT molecular complexity index is 1220. The summed E-state index contributed by atoms with van der Waals surface area (Å²) >= 11 is 0. The second-order valence-corrected chi connectivity index (χ2v) is 9.30. The number of benzene rings is 2. The third kappa shape index (κ3) is 5.31. The number of nitriles is 1. The van der Waals surface area contributed by atoms with Gasteiger partial charge in [0, 0.05) is 38.1 Å². The summed E-state index contributed by atoms with van der Waals surface area (Å²) in [7, 11) is -2.38. The van der Waals surface area contributed by atoms with Crippen LogP contribution in [0.5, 0.6) is 0 Å². The average Bonchev–Trinajstić information content (AvgIpc) is 2.82. The third-order valence-corrected chi connectivity index (χ3v) is 6.80. The van der Waals surface area contributed by atoms with Gasteiger partial charge in [0.2, 0.25) is 0 Å². The lowest BCUT2D eigenvalue weighted by Crippen LogP contribution is -2.32. The fraction of sp³-hybridized carbons (Fsp3) is 0.208. The lowest BCUT2D eigenvalue weighted by atomic mass is 10.1. The van der Waals surface area contributed by atoms with Crippen LogP contribution in [0.15, 0.2) is 78.0 Å². The number of carbonyl (C=O) groups excluding carboxylic acids is 1. The lowest BCUT2D eigenvalue weighted by Gasteiger charge is -2.23. The summed E-state index contributed by atoms with van der Waals surface area (Å²) < 4.78 is 27.5. The summed E-state index contributed by atoms with van der Waals surface area (Å²) in [5, 5.41) is 8.99. The Morgan fingerprint density at radius 2 is 1.84 bits per heavy atom. The van der Waals surface area contributed by atoms with Gasteiger partial charge in [0.25, 0.3) is 15.9 Å². The molecule has 3 aromatic rings. The Balaban J connectivity index is 1.89. The van der Waals surface area contributed by atoms with E-state index in [2.05, 4.69) is 11.1 Å². The maximum atomic E-state index is 13.2. The minimum absolute atomic E-state index is 0.0213. The van der Waals surface area contributed by atoms with Gasteiger partial charge in [0.05, 0.1) is 23.1 Å². The maximum absolute atomic E-state index is 13.2. The van der Waals surface area contributed by atoms with Crippen molar-refractivity contribution < 1.29 is 13.2 Å². The van der Waals surface area contributed by atoms with Crippen LogP contribution in [-0.4, -0.2) is 37.8 Å². The molecular formula is C24H24N4O3S. The van der Waals surface area contributed by atoms with Crippen LogP contribution in [0.2, 0.25) is 0 Å². The number of rotatable bonds is 8. The maximum Gasteiger partial charge on any atom is 0.264 e. The van der Waals surface area contributed by atoms with Gasteiger partial charge in [0.15, 0.2) is 0 Å². The van der Waals surface area contributed by atoms with E-state index >= 15 is 0 Å². The number of aromatic nitrogens is 1. The van der Waals surface area contributed by atoms with Gasteiger partial charge in [-0.15, -0.1) is 0 Å². The summed E-state index contributed by atoms with van der Waals surface area (Å²) in [5.74, 6) is -0.348. The lowest BCUT2D eigenvalue weighted by molar-refractivity contribution is 0.0746. The number of aryl methyl sites for hydroxylation is 1. The van der Waals surface area contributed by atoms with E-state index in [0.717, 1.165) is 11.1 Å². The van der Waals surface area contributed by atoms with Gasteiger partial charge in [-0.3, -0.25) is 14.1 Å². The van der Waals surface area contributed by atoms with Crippen LogP contribution < -0.4 is 4.31 Å². The molecule has 2 aromatic carbocycles. The molecule has 1 amide bonds. The molecule has 0 aliphatic rings. The molecule has 0 saturated carbocycles. The van der Waals surface area contributed by atoms with Crippen molar-refractivity contribution >= 4 is 21.6 Å². The van der Waals surface area contributed by atoms with Crippen LogP contribution in [0.1, 0.15) is 27.9 Å². The molecule has 0 N–H and O–H groups in total. The highest BCUT2D eigenvalue weighted by Gasteiger charge is 2.24. The van der Waals surface area contributed by atoms with Gasteiger partial charge in [-0.2, -0.15) is 5.26 Å². The van der Waals surface area contributed by atoms with Crippen LogP contribution in [0, 0.1) is 18.3 Å². The summed E-state index contributed by atoms with van der Waals surface area (Å²) in [6, 6.07) is 18.8. The number of sulfonamides is 1. The normalized spacial score (nSPS) is 10.9. The minimum atomic E-state index is -3.86. The number of pyridine rings is 1. The molecule has 0 fully saturated rings. The highest BCUT2D eigenvalue weighted by atomic mass is 32.2. The number of amides is 1. The first-order chi connectivity index (χ1) is 15.3. The quantitative estimate of drug-likeness (QED) is 0.523. The second-order valence-electron chi connectivity index (χ2n) is 7.33. The second kappa shape index (κ2) is 10.1. The van der Waals surface area contributed by atoms with Gasteiger partial charge in [-0.05, 0) is 48.9 Å². The largest absolute Gasteiger partial charge is 0.333 e. The third-order valence-electron chi connectivity index (χ3n) is 5.01. The zero-order chi connectivity index (χ0) is 23.1. The molecule has 3 rings (SSSR count). The van der Waals surface area contributed by atoms with Gasteiger partial charge in [-0.25, -0.2) is 8.42 Å². The highest BCUT2D eigenvalue weighted by Crippen LogP contribution is 2.23. The molecule has 32 heavy (non-hydrogen) atoms. The number of carbonyl (C=O) groups is 1. The monoisotopic (exact) mass is 448 g/mol. The van der Waals surface area contributed by atoms with Crippen molar-refractivity contribution in [2.24, 2.45) is 0 Å². The van der Waals surface area contributed by atoms with E-state index in [0.29, 0.717) is 5.69 Å². The smallest absolute Gasteiger partial charge is 0.264 e. The first-order valence-corrected chi connectivity index (χ1v) is 11.5. The van der Waals surface area contributed by atoms with E-state index in [1.165, 1.54) is 28.4 Å². The van der Waals surface area contributed by atoms with E-state index in [4.69, 9.17) is 5.26 Å². The van der Waals surface area contributed by atoms with E-state index in [9.17, 15) is 13.2 Å². The topological polar surface area (TPSA) is 94.4 Å². The van der Waals surface area contributed by atoms with E-state index in [-0.39, 0.29) is 35.9 Å². The summed E-state index contributed by atoms with van der Waals surface area (Å²) in [4.78, 5) is 18.8. The molecule has 164 valence electrons. The zero-order valence-electron chi connectivity index (χ0n) is 18.0. The number of hydrogen-bond acceptors (Lipinski definition) is 5. The van der Waals surface area contributed by atoms with Gasteiger partial charge in [0.1, 0.15) is 0 Å². The van der Waals surface area contributed by atoms with Crippen molar-refractivity contribution in [3.05, 3.63) is 89.7 Å². The van der Waals surface area contributed by atoms with Crippen molar-refractivity contribution in [2.45, 2.75) is 24.8 Å². The molecule has 0 spiro atoms. The van der Waals surface area contributed by atoms with Gasteiger partial charge in [-0.1, -0.05) is 29.8 Å². The summed E-state index contributed by atoms with van der Waals surface area (Å²) in [6.07, 6.45) is 3.47. The fourth-order valence-corrected chi connectivity index (χ4v) is 4.42. The molecule has 0 atom stereocenters. The molecular weight excluding hydrogens is 424 g/mol. The molecule has 8 heteroatoms. The minimum Gasteiger partial charge on any atom is -0.333 e. The number of hydrogen-bond donors (Lipinski definition) is 0. The predicted molar refractivity (Wildman–Crippen MR) is 122 cm³/mol. The number of nitrogens with zero attached hydrogens (tertiary/aromatic N) is 4. The molecule has 0 bridgehead atoms. The first kappa shape index (κ1) is 23.0. The van der Waals surface area contributed by atoms with Crippen molar-refractivity contribution in [3.63, 3.8) is 0 Å². The fourth-order valence-electron chi connectivity index (χ4n) is 3.17. The molecule has 0 aliphatic heterocycles. The van der Waals surface area contributed by atoms with Crippen LogP contribution in [-0.2, 0) is 16.6 Å². The van der Waals surface area contributed by atoms with Crippen molar-refractivity contribution in [1.82, 2.24) is 9.88 Å². The Morgan fingerprint density at radius 1 is 1.09 bits per heavy atom. The van der Waals surface area contributed by atoms with E-state index in [1.807, 2.05) is 25.1 Å². The SMILES string of the molecule is Cc1ccc(N(C)S(=O)(=O)c2cccc(C(=O)N(CCC#N)Cc3cccnc3)c2)cc1. The molecule has 0 aliphatic carbocycles. The van der Waals surface area contributed by atoms with E-state index in [1.54, 1.807) is 42.7 Å². The Hall–Kier alpha value is -3.70. The van der Waals surface area contributed by atoms with Crippen LogP contribution >= 0.6 is 0 Å². The van der Waals surface area contributed by atoms with Crippen molar-refractivity contribution in [2.75, 3.05) is 17.9 Å². The predicted octanol–water partition coefficient (Wildman–Crippen LogP) is 3.77. The Kier molecular flexibility index (Phi) is 7.23. The van der Waals surface area contributed by atoms with Crippen molar-refractivity contribution in [3.8, 4) is 6.07 Å². The first-order valence-electron chi connectivity index (χ1n) is 10.0. The molecule has 7 nitrogen and oxygen atoms in total. The van der Waals surface area contributed by atoms with Crippen molar-refractivity contribution in [1.29, 1.82) is 5.26 Å². The standard InChI is InChI=1S/C24H24N4O3S/c1-19-9-11-22(12-10-19)27(2)32(30,31)23-8-3-7-21(16-23)24(29)28(15-5-13-25)18-20-6-4-14-26-17-20/h3-4,6-12,14,16-17H,5,15,18H2,1-2H3. The zero-order valence-corrected chi connectivity index (χ0v) is 18.8. The summed E-state index contributed by atoms with van der Waals surface area (Å²) in [5.41, 5.74) is 2.62. The Morgan fingerprint density at radius 3 is 2.50 bits per heavy atom. The molecule has 1 heterocycles. The van der Waals surface area contributed by atoms with Gasteiger partial charge >= 0.3 is 0 Å². The van der Waals surface area contributed by atoms with Crippen LogP contribution in [0.25, 0.3) is 0 Å². The molecule has 0 unspecified atom stereocenters. The highest BCUT2D eigenvalue weighted by molar-refractivity contribution is 7.92. The summed E-state index contributed by atoms with van der Waals surface area (Å²) in [6.45, 7) is 2.43. The van der Waals surface area contributed by atoms with E-state index < -0.39 is 10.0 Å². The molecule has 1 aromatic heterocycles. The molecule has 0 saturated heterocycles. The van der Waals surface area contributed by atoms with Crippen LogP contribution in [0.3, 0.4) is 0 Å². The van der Waals surface area contributed by atoms with Crippen LogP contribution in [0.4, 0.5) is 5.69 Å². The molecule has 0 radical (unpaired) electrons. The van der Waals surface area contributed by atoms with Gasteiger partial charge < -0.3 is 4.90 Å². The average molecular weight is 449 g/mol.